The lowest BCUT2D eigenvalue weighted by molar-refractivity contribution is -0.00710. The molecule has 0 aromatic heterocycles. The van der Waals surface area contributed by atoms with Crippen LogP contribution in [-0.2, 0) is 16.1 Å². The van der Waals surface area contributed by atoms with Crippen LogP contribution >= 0.6 is 23.2 Å². The molecule has 2 rings (SSSR count). The molecule has 1 aromatic rings. The molecule has 1 saturated carbocycles. The van der Waals surface area contributed by atoms with Crippen molar-refractivity contribution in [1.29, 1.82) is 0 Å². The summed E-state index contributed by atoms with van der Waals surface area (Å²) in [5, 5.41) is 4.90. The van der Waals surface area contributed by atoms with Crippen LogP contribution in [0.3, 0.4) is 0 Å². The standard InChI is InChI=1S/C17H25Cl2NO2/c1-2-21-11-10-20-16-8-3-4-9-17(16)22-12-13-14(18)6-5-7-15(13)19/h5-7,16-17,20H,2-4,8-12H2,1H3/t16-,17?/m1/s1. The summed E-state index contributed by atoms with van der Waals surface area (Å²) < 4.78 is 11.5. The molecule has 5 heteroatoms. The summed E-state index contributed by atoms with van der Waals surface area (Å²) in [6.07, 6.45) is 4.90. The lowest BCUT2D eigenvalue weighted by Gasteiger charge is -2.32. The van der Waals surface area contributed by atoms with E-state index in [0.29, 0.717) is 22.7 Å². The Labute approximate surface area is 143 Å². The normalized spacial score (nSPS) is 22.0. The monoisotopic (exact) mass is 345 g/mol. The zero-order valence-corrected chi connectivity index (χ0v) is 14.6. The van der Waals surface area contributed by atoms with Gasteiger partial charge in [0.05, 0.1) is 19.3 Å². The van der Waals surface area contributed by atoms with E-state index in [4.69, 9.17) is 32.7 Å². The van der Waals surface area contributed by atoms with Gasteiger partial charge in [-0.05, 0) is 31.9 Å². The van der Waals surface area contributed by atoms with Gasteiger partial charge in [0.2, 0.25) is 0 Å². The number of hydrogen-bond donors (Lipinski definition) is 1. The van der Waals surface area contributed by atoms with Crippen LogP contribution in [0.25, 0.3) is 0 Å². The largest absolute Gasteiger partial charge is 0.380 e. The highest BCUT2D eigenvalue weighted by Gasteiger charge is 2.25. The third-order valence-electron chi connectivity index (χ3n) is 4.06. The van der Waals surface area contributed by atoms with Gasteiger partial charge in [0.1, 0.15) is 0 Å². The molecule has 0 amide bonds. The maximum Gasteiger partial charge on any atom is 0.0750 e. The minimum Gasteiger partial charge on any atom is -0.380 e. The summed E-state index contributed by atoms with van der Waals surface area (Å²) in [6.45, 7) is 4.85. The Bertz CT molecular complexity index is 436. The summed E-state index contributed by atoms with van der Waals surface area (Å²) in [5.74, 6) is 0. The number of nitrogens with one attached hydrogen (secondary N) is 1. The Hall–Kier alpha value is -0.320. The second-order valence-electron chi connectivity index (χ2n) is 5.59. The van der Waals surface area contributed by atoms with Crippen LogP contribution in [-0.4, -0.2) is 31.9 Å². The van der Waals surface area contributed by atoms with Crippen molar-refractivity contribution < 1.29 is 9.47 Å². The number of rotatable bonds is 8. The van der Waals surface area contributed by atoms with Gasteiger partial charge in [0.25, 0.3) is 0 Å². The van der Waals surface area contributed by atoms with Crippen molar-refractivity contribution in [2.45, 2.75) is 51.4 Å². The van der Waals surface area contributed by atoms with Gasteiger partial charge < -0.3 is 14.8 Å². The van der Waals surface area contributed by atoms with E-state index in [1.807, 2.05) is 25.1 Å². The van der Waals surface area contributed by atoms with Gasteiger partial charge in [-0.25, -0.2) is 0 Å². The molecule has 1 fully saturated rings. The van der Waals surface area contributed by atoms with Crippen molar-refractivity contribution >= 4 is 23.2 Å². The van der Waals surface area contributed by atoms with Crippen LogP contribution in [0.2, 0.25) is 10.0 Å². The third-order valence-corrected chi connectivity index (χ3v) is 4.77. The molecule has 0 bridgehead atoms. The molecule has 2 atom stereocenters. The molecule has 3 nitrogen and oxygen atoms in total. The van der Waals surface area contributed by atoms with Gasteiger partial charge in [0.15, 0.2) is 0 Å². The maximum absolute atomic E-state index is 6.21. The molecule has 0 radical (unpaired) electrons. The van der Waals surface area contributed by atoms with Gasteiger partial charge in [0, 0.05) is 34.8 Å². The van der Waals surface area contributed by atoms with Crippen LogP contribution in [0.15, 0.2) is 18.2 Å². The van der Waals surface area contributed by atoms with E-state index < -0.39 is 0 Å². The smallest absolute Gasteiger partial charge is 0.0750 e. The second kappa shape index (κ2) is 9.74. The van der Waals surface area contributed by atoms with Crippen LogP contribution in [0.4, 0.5) is 0 Å². The molecule has 0 spiro atoms. The number of halogens is 2. The SMILES string of the molecule is CCOCCN[C@@H]1CCCCC1OCc1c(Cl)cccc1Cl. The number of benzene rings is 1. The second-order valence-corrected chi connectivity index (χ2v) is 6.41. The first-order valence-corrected chi connectivity index (χ1v) is 8.83. The zero-order valence-electron chi connectivity index (χ0n) is 13.1. The Morgan fingerprint density at radius 2 is 1.91 bits per heavy atom. The first kappa shape index (κ1) is 18.0. The third kappa shape index (κ3) is 5.39. The van der Waals surface area contributed by atoms with Crippen LogP contribution in [0.5, 0.6) is 0 Å². The zero-order chi connectivity index (χ0) is 15.8. The summed E-state index contributed by atoms with van der Waals surface area (Å²) in [4.78, 5) is 0. The van der Waals surface area contributed by atoms with Crippen molar-refractivity contribution in [2.75, 3.05) is 19.8 Å². The van der Waals surface area contributed by atoms with Gasteiger partial charge in [-0.1, -0.05) is 42.1 Å². The summed E-state index contributed by atoms with van der Waals surface area (Å²) in [5.41, 5.74) is 0.879. The van der Waals surface area contributed by atoms with E-state index in [1.165, 1.54) is 12.8 Å². The fraction of sp³-hybridized carbons (Fsp3) is 0.647. The van der Waals surface area contributed by atoms with Crippen molar-refractivity contribution in [2.24, 2.45) is 0 Å². The van der Waals surface area contributed by atoms with Crippen molar-refractivity contribution in [1.82, 2.24) is 5.32 Å². The molecule has 0 heterocycles. The predicted molar refractivity (Wildman–Crippen MR) is 91.8 cm³/mol. The van der Waals surface area contributed by atoms with E-state index in [1.54, 1.807) is 0 Å². The lowest BCUT2D eigenvalue weighted by atomic mass is 9.92. The van der Waals surface area contributed by atoms with E-state index in [2.05, 4.69) is 5.32 Å². The minimum atomic E-state index is 0.211. The lowest BCUT2D eigenvalue weighted by Crippen LogP contribution is -2.44. The van der Waals surface area contributed by atoms with E-state index >= 15 is 0 Å². The van der Waals surface area contributed by atoms with Crippen molar-refractivity contribution in [3.63, 3.8) is 0 Å². The molecular formula is C17H25Cl2NO2. The summed E-state index contributed by atoms with van der Waals surface area (Å²) in [7, 11) is 0. The molecule has 1 aromatic carbocycles. The highest BCUT2D eigenvalue weighted by atomic mass is 35.5. The van der Waals surface area contributed by atoms with Gasteiger partial charge in [-0.15, -0.1) is 0 Å². The molecule has 22 heavy (non-hydrogen) atoms. The van der Waals surface area contributed by atoms with Crippen molar-refractivity contribution in [3.05, 3.63) is 33.8 Å². The average Bonchev–Trinajstić information content (AvgIpc) is 2.52. The molecule has 0 aliphatic heterocycles. The molecule has 124 valence electrons. The highest BCUT2D eigenvalue weighted by Crippen LogP contribution is 2.28. The van der Waals surface area contributed by atoms with Crippen molar-refractivity contribution in [3.8, 4) is 0 Å². The number of hydrogen-bond acceptors (Lipinski definition) is 3. The summed E-state index contributed by atoms with van der Waals surface area (Å²) >= 11 is 12.4. The highest BCUT2D eigenvalue weighted by molar-refractivity contribution is 6.35. The fourth-order valence-electron chi connectivity index (χ4n) is 2.85. The molecule has 1 N–H and O–H groups in total. The topological polar surface area (TPSA) is 30.5 Å². The molecule has 1 unspecified atom stereocenters. The quantitative estimate of drug-likeness (QED) is 0.706. The molecule has 0 saturated heterocycles. The molecule has 1 aliphatic carbocycles. The van der Waals surface area contributed by atoms with E-state index in [-0.39, 0.29) is 6.10 Å². The Morgan fingerprint density at radius 3 is 2.64 bits per heavy atom. The van der Waals surface area contributed by atoms with E-state index in [0.717, 1.165) is 38.2 Å². The van der Waals surface area contributed by atoms with Gasteiger partial charge in [-0.3, -0.25) is 0 Å². The van der Waals surface area contributed by atoms with Gasteiger partial charge >= 0.3 is 0 Å². The van der Waals surface area contributed by atoms with Gasteiger partial charge in [-0.2, -0.15) is 0 Å². The van der Waals surface area contributed by atoms with Crippen LogP contribution in [0.1, 0.15) is 38.2 Å². The van der Waals surface area contributed by atoms with E-state index in [9.17, 15) is 0 Å². The van der Waals surface area contributed by atoms with Crippen LogP contribution in [0, 0.1) is 0 Å². The molecular weight excluding hydrogens is 321 g/mol. The van der Waals surface area contributed by atoms with Crippen LogP contribution < -0.4 is 5.32 Å². The number of ether oxygens (including phenoxy) is 2. The Balaban J connectivity index is 1.85. The Morgan fingerprint density at radius 1 is 1.18 bits per heavy atom. The Kier molecular flexibility index (Phi) is 7.98. The first-order valence-electron chi connectivity index (χ1n) is 8.08. The minimum absolute atomic E-state index is 0.211. The fourth-order valence-corrected chi connectivity index (χ4v) is 3.36. The maximum atomic E-state index is 6.21. The summed E-state index contributed by atoms with van der Waals surface area (Å²) in [6, 6.07) is 5.94. The predicted octanol–water partition coefficient (Wildman–Crippen LogP) is 4.45. The average molecular weight is 346 g/mol. The first-order chi connectivity index (χ1) is 10.7. The molecule has 1 aliphatic rings.